The van der Waals surface area contributed by atoms with Crippen LogP contribution in [-0.2, 0) is 19.4 Å². The largest absolute Gasteiger partial charge is 0.468 e. The molecule has 72 valence electrons. The Bertz CT molecular complexity index is 253. The summed E-state index contributed by atoms with van der Waals surface area (Å²) in [6.07, 6.45) is 0. The van der Waals surface area contributed by atoms with E-state index < -0.39 is 26.3 Å². The second-order valence-electron chi connectivity index (χ2n) is 2.80. The van der Waals surface area contributed by atoms with E-state index in [2.05, 4.69) is 4.74 Å². The summed E-state index contributed by atoms with van der Waals surface area (Å²) in [7, 11) is -2.19. The molecule has 0 aliphatic carbocycles. The molecular formula is C7H14O4S. The molecule has 0 saturated heterocycles. The van der Waals surface area contributed by atoms with Crippen LogP contribution in [0, 0.1) is 0 Å². The van der Waals surface area contributed by atoms with Crippen LogP contribution in [0.25, 0.3) is 0 Å². The van der Waals surface area contributed by atoms with Crippen LogP contribution in [0.1, 0.15) is 20.8 Å². The Morgan fingerprint density at radius 2 is 1.67 bits per heavy atom. The molecular weight excluding hydrogens is 180 g/mol. The number of hydrogen-bond donors (Lipinski definition) is 0. The minimum Gasteiger partial charge on any atom is -0.468 e. The van der Waals surface area contributed by atoms with Crippen molar-refractivity contribution in [3.8, 4) is 0 Å². The molecule has 0 spiro atoms. The van der Waals surface area contributed by atoms with E-state index >= 15 is 0 Å². The van der Waals surface area contributed by atoms with Crippen molar-refractivity contribution in [2.45, 2.75) is 31.3 Å². The molecule has 0 aromatic heterocycles. The summed E-state index contributed by atoms with van der Waals surface area (Å²) < 4.78 is 27.0. The summed E-state index contributed by atoms with van der Waals surface area (Å²) >= 11 is 0. The van der Waals surface area contributed by atoms with Gasteiger partial charge in [0.05, 0.1) is 12.4 Å². The van der Waals surface area contributed by atoms with E-state index in [0.29, 0.717) is 0 Å². The van der Waals surface area contributed by atoms with Gasteiger partial charge in [-0.3, -0.25) is 4.79 Å². The normalized spacial score (nSPS) is 14.4. The first-order chi connectivity index (χ1) is 5.34. The van der Waals surface area contributed by atoms with Gasteiger partial charge in [-0.2, -0.15) is 0 Å². The molecule has 5 heteroatoms. The predicted octanol–water partition coefficient (Wildman–Crippen LogP) is 0.371. The molecule has 0 amide bonds. The van der Waals surface area contributed by atoms with Gasteiger partial charge in [0, 0.05) is 0 Å². The smallest absolute Gasteiger partial charge is 0.323 e. The molecule has 0 aliphatic heterocycles. The number of hydrogen-bond acceptors (Lipinski definition) is 4. The van der Waals surface area contributed by atoms with E-state index in [9.17, 15) is 13.2 Å². The average molecular weight is 194 g/mol. The van der Waals surface area contributed by atoms with E-state index in [1.807, 2.05) is 0 Å². The van der Waals surface area contributed by atoms with Crippen molar-refractivity contribution in [2.75, 3.05) is 7.11 Å². The molecule has 0 saturated carbocycles. The van der Waals surface area contributed by atoms with Crippen LogP contribution in [0.2, 0.25) is 0 Å². The van der Waals surface area contributed by atoms with Crippen LogP contribution < -0.4 is 0 Å². The Labute approximate surface area is 72.8 Å². The van der Waals surface area contributed by atoms with E-state index in [4.69, 9.17) is 0 Å². The zero-order chi connectivity index (χ0) is 9.94. The first-order valence-electron chi connectivity index (χ1n) is 3.64. The summed E-state index contributed by atoms with van der Waals surface area (Å²) in [6.45, 7) is 4.41. The minimum absolute atomic E-state index is 0.549. The fraction of sp³-hybridized carbons (Fsp3) is 0.857. The number of methoxy groups -OCH3 is 1. The molecule has 0 aliphatic rings. The van der Waals surface area contributed by atoms with Gasteiger partial charge in [-0.05, 0) is 20.8 Å². The van der Waals surface area contributed by atoms with Crippen LogP contribution in [0.5, 0.6) is 0 Å². The molecule has 12 heavy (non-hydrogen) atoms. The van der Waals surface area contributed by atoms with Crippen molar-refractivity contribution in [2.24, 2.45) is 0 Å². The number of ether oxygens (including phenoxy) is 1. The van der Waals surface area contributed by atoms with E-state index in [1.165, 1.54) is 27.9 Å². The molecule has 1 unspecified atom stereocenters. The maximum atomic E-state index is 11.3. The summed E-state index contributed by atoms with van der Waals surface area (Å²) in [5.74, 6) is -0.705. The fourth-order valence-corrected chi connectivity index (χ4v) is 1.89. The number of rotatable bonds is 3. The van der Waals surface area contributed by atoms with Gasteiger partial charge in [0.1, 0.15) is 0 Å². The summed E-state index contributed by atoms with van der Waals surface area (Å²) in [5.41, 5.74) is 0. The molecule has 0 radical (unpaired) electrons. The highest BCUT2D eigenvalue weighted by molar-refractivity contribution is 7.93. The van der Waals surface area contributed by atoms with Crippen molar-refractivity contribution in [3.05, 3.63) is 0 Å². The highest BCUT2D eigenvalue weighted by Gasteiger charge is 2.31. The van der Waals surface area contributed by atoms with Crippen molar-refractivity contribution in [3.63, 3.8) is 0 Å². The maximum absolute atomic E-state index is 11.3. The van der Waals surface area contributed by atoms with Crippen molar-refractivity contribution >= 4 is 15.8 Å². The van der Waals surface area contributed by atoms with Crippen LogP contribution in [0.4, 0.5) is 0 Å². The van der Waals surface area contributed by atoms with E-state index in [0.717, 1.165) is 0 Å². The van der Waals surface area contributed by atoms with Crippen LogP contribution in [0.3, 0.4) is 0 Å². The van der Waals surface area contributed by atoms with Crippen LogP contribution >= 0.6 is 0 Å². The highest BCUT2D eigenvalue weighted by atomic mass is 32.2. The lowest BCUT2D eigenvalue weighted by Gasteiger charge is -2.12. The second-order valence-corrected chi connectivity index (χ2v) is 5.63. The molecule has 4 nitrogen and oxygen atoms in total. The SMILES string of the molecule is COC(=O)C(C)S(=O)(=O)C(C)C. The number of esters is 1. The summed E-state index contributed by atoms with van der Waals surface area (Å²) in [5, 5.41) is -1.62. The van der Waals surface area contributed by atoms with Gasteiger partial charge in [0.2, 0.25) is 0 Å². The summed E-state index contributed by atoms with van der Waals surface area (Å²) in [6, 6.07) is 0. The first kappa shape index (κ1) is 11.4. The third-order valence-corrected chi connectivity index (χ3v) is 4.18. The zero-order valence-electron chi connectivity index (χ0n) is 7.70. The Hall–Kier alpha value is -0.580. The molecule has 0 bridgehead atoms. The quantitative estimate of drug-likeness (QED) is 0.609. The zero-order valence-corrected chi connectivity index (χ0v) is 8.51. The molecule has 0 N–H and O–H groups in total. The molecule has 0 aromatic carbocycles. The molecule has 0 rings (SSSR count). The molecule has 0 fully saturated rings. The van der Waals surface area contributed by atoms with Crippen molar-refractivity contribution in [1.29, 1.82) is 0 Å². The van der Waals surface area contributed by atoms with Gasteiger partial charge in [-0.1, -0.05) is 0 Å². The minimum atomic E-state index is -3.36. The third kappa shape index (κ3) is 2.20. The predicted molar refractivity (Wildman–Crippen MR) is 45.5 cm³/mol. The van der Waals surface area contributed by atoms with E-state index in [1.54, 1.807) is 0 Å². The lowest BCUT2D eigenvalue weighted by atomic mass is 10.5. The Balaban J connectivity index is 4.70. The average Bonchev–Trinajstić information content (AvgIpc) is 2.01. The lowest BCUT2D eigenvalue weighted by Crippen LogP contribution is -2.33. The highest BCUT2D eigenvalue weighted by Crippen LogP contribution is 2.09. The Kier molecular flexibility index (Phi) is 3.70. The van der Waals surface area contributed by atoms with Crippen molar-refractivity contribution < 1.29 is 17.9 Å². The maximum Gasteiger partial charge on any atom is 0.323 e. The van der Waals surface area contributed by atoms with Gasteiger partial charge < -0.3 is 4.74 Å². The second kappa shape index (κ2) is 3.89. The topological polar surface area (TPSA) is 60.4 Å². The monoisotopic (exact) mass is 194 g/mol. The first-order valence-corrected chi connectivity index (χ1v) is 5.25. The van der Waals surface area contributed by atoms with Gasteiger partial charge in [-0.15, -0.1) is 0 Å². The third-order valence-electron chi connectivity index (χ3n) is 1.68. The summed E-state index contributed by atoms with van der Waals surface area (Å²) in [4.78, 5) is 10.9. The Morgan fingerprint density at radius 1 is 1.25 bits per heavy atom. The number of carbonyl (C=O) groups is 1. The van der Waals surface area contributed by atoms with Gasteiger partial charge in [-0.25, -0.2) is 8.42 Å². The van der Waals surface area contributed by atoms with Gasteiger partial charge >= 0.3 is 5.97 Å². The molecule has 1 atom stereocenters. The van der Waals surface area contributed by atoms with Gasteiger partial charge in [0.15, 0.2) is 15.1 Å². The molecule has 0 heterocycles. The fourth-order valence-electron chi connectivity index (χ4n) is 0.708. The molecule has 0 aromatic rings. The standard InChI is InChI=1S/C7H14O4S/c1-5(2)12(9,10)6(3)7(8)11-4/h5-6H,1-4H3. The number of sulfone groups is 1. The number of carbonyl (C=O) groups excluding carboxylic acids is 1. The van der Waals surface area contributed by atoms with Gasteiger partial charge in [0.25, 0.3) is 0 Å². The van der Waals surface area contributed by atoms with Crippen LogP contribution in [-0.4, -0.2) is 32.0 Å². The lowest BCUT2D eigenvalue weighted by molar-refractivity contribution is -0.139. The van der Waals surface area contributed by atoms with E-state index in [-0.39, 0.29) is 0 Å². The van der Waals surface area contributed by atoms with Crippen molar-refractivity contribution in [1.82, 2.24) is 0 Å². The van der Waals surface area contributed by atoms with Crippen LogP contribution in [0.15, 0.2) is 0 Å². The Morgan fingerprint density at radius 3 is 1.92 bits per heavy atom.